The van der Waals surface area contributed by atoms with Gasteiger partial charge < -0.3 is 9.64 Å². The first-order valence-corrected chi connectivity index (χ1v) is 10.0. The van der Waals surface area contributed by atoms with Gasteiger partial charge in [-0.3, -0.25) is 4.79 Å². The van der Waals surface area contributed by atoms with Crippen molar-refractivity contribution in [3.63, 3.8) is 0 Å². The Bertz CT molecular complexity index is 759. The molecule has 1 fully saturated rings. The second-order valence-corrected chi connectivity index (χ2v) is 7.83. The molecule has 2 heterocycles. The number of anilines is 1. The van der Waals surface area contributed by atoms with E-state index in [2.05, 4.69) is 41.3 Å². The molecular formula is C21H23NO2S. The summed E-state index contributed by atoms with van der Waals surface area (Å²) >= 11 is 1.91. The lowest BCUT2D eigenvalue weighted by atomic mass is 9.82. The normalized spacial score (nSPS) is 23.2. The van der Waals surface area contributed by atoms with E-state index in [0.29, 0.717) is 12.2 Å². The number of methoxy groups -OCH3 is 1. The van der Waals surface area contributed by atoms with Crippen LogP contribution in [0.3, 0.4) is 0 Å². The maximum atomic E-state index is 12.7. The Balaban J connectivity index is 1.75. The van der Waals surface area contributed by atoms with Gasteiger partial charge in [-0.05, 0) is 41.8 Å². The molecule has 4 rings (SSSR count). The Labute approximate surface area is 153 Å². The maximum Gasteiger partial charge on any atom is 0.140 e. The van der Waals surface area contributed by atoms with Gasteiger partial charge in [0, 0.05) is 30.2 Å². The zero-order valence-electron chi connectivity index (χ0n) is 14.5. The van der Waals surface area contributed by atoms with Crippen molar-refractivity contribution in [3.05, 3.63) is 59.7 Å². The van der Waals surface area contributed by atoms with Gasteiger partial charge in [0.25, 0.3) is 0 Å². The molecule has 0 amide bonds. The quantitative estimate of drug-likeness (QED) is 0.830. The van der Waals surface area contributed by atoms with E-state index in [9.17, 15) is 4.79 Å². The van der Waals surface area contributed by atoms with Crippen LogP contribution in [0.1, 0.15) is 23.6 Å². The summed E-state index contributed by atoms with van der Waals surface area (Å²) in [5.41, 5.74) is 3.88. The van der Waals surface area contributed by atoms with E-state index in [1.165, 1.54) is 16.8 Å². The van der Waals surface area contributed by atoms with Crippen molar-refractivity contribution in [1.29, 1.82) is 0 Å². The van der Waals surface area contributed by atoms with E-state index in [1.54, 1.807) is 7.11 Å². The molecule has 2 atom stereocenters. The third-order valence-corrected chi connectivity index (χ3v) is 6.41. The van der Waals surface area contributed by atoms with Crippen molar-refractivity contribution in [1.82, 2.24) is 0 Å². The van der Waals surface area contributed by atoms with E-state index < -0.39 is 0 Å². The first-order chi connectivity index (χ1) is 12.3. The number of carbonyl (C=O) groups is 1. The summed E-state index contributed by atoms with van der Waals surface area (Å²) in [4.78, 5) is 15.1. The summed E-state index contributed by atoms with van der Waals surface area (Å²) in [7, 11) is 1.69. The molecule has 0 bridgehead atoms. The summed E-state index contributed by atoms with van der Waals surface area (Å²) in [6.07, 6.45) is 1.72. The molecule has 2 aliphatic rings. The Morgan fingerprint density at radius 1 is 1.08 bits per heavy atom. The highest BCUT2D eigenvalue weighted by atomic mass is 32.2. The highest BCUT2D eigenvalue weighted by Crippen LogP contribution is 2.42. The largest absolute Gasteiger partial charge is 0.497 e. The second-order valence-electron chi connectivity index (χ2n) is 6.68. The van der Waals surface area contributed by atoms with Crippen molar-refractivity contribution < 1.29 is 9.53 Å². The first kappa shape index (κ1) is 16.5. The fraction of sp³-hybridized carbons (Fsp3) is 0.381. The average molecular weight is 353 g/mol. The van der Waals surface area contributed by atoms with Crippen LogP contribution < -0.4 is 9.64 Å². The molecule has 4 heteroatoms. The molecule has 0 aliphatic carbocycles. The molecule has 3 nitrogen and oxygen atoms in total. The molecule has 1 saturated heterocycles. The fourth-order valence-corrected chi connectivity index (χ4v) is 5.16. The van der Waals surface area contributed by atoms with Gasteiger partial charge in [-0.15, -0.1) is 0 Å². The number of Topliss-reactive ketones (excluding diaryl/α,β-unsaturated/α-hetero) is 1. The Morgan fingerprint density at radius 3 is 2.64 bits per heavy atom. The van der Waals surface area contributed by atoms with Gasteiger partial charge in [-0.1, -0.05) is 24.3 Å². The lowest BCUT2D eigenvalue weighted by molar-refractivity contribution is -0.122. The van der Waals surface area contributed by atoms with E-state index in [1.807, 2.05) is 23.9 Å². The zero-order chi connectivity index (χ0) is 17.2. The van der Waals surface area contributed by atoms with Crippen LogP contribution in [0.2, 0.25) is 0 Å². The van der Waals surface area contributed by atoms with Crippen LogP contribution in [-0.2, 0) is 11.2 Å². The number of ketones is 1. The van der Waals surface area contributed by atoms with Crippen LogP contribution >= 0.6 is 11.8 Å². The SMILES string of the molecule is COc1ccc(N2CCc3ccccc3[C@@H]2[C@H]2CSCCC2=O)cc1. The highest BCUT2D eigenvalue weighted by Gasteiger charge is 2.38. The fourth-order valence-electron chi connectivity index (χ4n) is 4.02. The number of rotatable bonds is 3. The number of nitrogens with zero attached hydrogens (tertiary/aromatic N) is 1. The van der Waals surface area contributed by atoms with Crippen LogP contribution in [0, 0.1) is 5.92 Å². The molecule has 2 aliphatic heterocycles. The molecule has 0 aromatic heterocycles. The summed E-state index contributed by atoms with van der Waals surface area (Å²) < 4.78 is 5.30. The minimum Gasteiger partial charge on any atom is -0.497 e. The Hall–Kier alpha value is -1.94. The topological polar surface area (TPSA) is 29.5 Å². The zero-order valence-corrected chi connectivity index (χ0v) is 15.3. The predicted octanol–water partition coefficient (Wildman–Crippen LogP) is 4.12. The average Bonchev–Trinajstić information content (AvgIpc) is 2.68. The number of benzene rings is 2. The summed E-state index contributed by atoms with van der Waals surface area (Å²) in [5, 5.41) is 0. The van der Waals surface area contributed by atoms with Crippen molar-refractivity contribution in [2.45, 2.75) is 18.9 Å². The molecule has 0 unspecified atom stereocenters. The standard InChI is InChI=1S/C21H23NO2S/c1-24-17-8-6-16(7-9-17)22-12-10-15-4-2-3-5-18(15)21(22)19-14-25-13-11-20(19)23/h2-9,19,21H,10-14H2,1H3/t19-,21+/m0/s1. The monoisotopic (exact) mass is 353 g/mol. The first-order valence-electron chi connectivity index (χ1n) is 8.87. The minimum atomic E-state index is 0.0716. The summed E-state index contributed by atoms with van der Waals surface area (Å²) in [5.74, 6) is 3.24. The molecule has 2 aromatic carbocycles. The smallest absolute Gasteiger partial charge is 0.140 e. The number of hydrogen-bond acceptors (Lipinski definition) is 4. The lowest BCUT2D eigenvalue weighted by Gasteiger charge is -2.43. The number of carbonyl (C=O) groups excluding carboxylic acids is 1. The van der Waals surface area contributed by atoms with E-state index in [4.69, 9.17) is 4.74 Å². The predicted molar refractivity (Wildman–Crippen MR) is 104 cm³/mol. The van der Waals surface area contributed by atoms with Crippen LogP contribution in [-0.4, -0.2) is 30.9 Å². The molecule has 0 spiro atoms. The van der Waals surface area contributed by atoms with Gasteiger partial charge in [0.05, 0.1) is 19.1 Å². The molecular weight excluding hydrogens is 330 g/mol. The van der Waals surface area contributed by atoms with Crippen molar-refractivity contribution in [2.75, 3.05) is 30.1 Å². The Morgan fingerprint density at radius 2 is 1.88 bits per heavy atom. The minimum absolute atomic E-state index is 0.0716. The number of hydrogen-bond donors (Lipinski definition) is 0. The van der Waals surface area contributed by atoms with Crippen LogP contribution in [0.15, 0.2) is 48.5 Å². The van der Waals surface area contributed by atoms with Gasteiger partial charge in [0.1, 0.15) is 11.5 Å². The molecule has 25 heavy (non-hydrogen) atoms. The summed E-state index contributed by atoms with van der Waals surface area (Å²) in [6, 6.07) is 17.0. The van der Waals surface area contributed by atoms with Gasteiger partial charge >= 0.3 is 0 Å². The third kappa shape index (κ3) is 3.15. The van der Waals surface area contributed by atoms with Crippen LogP contribution in [0.25, 0.3) is 0 Å². The van der Waals surface area contributed by atoms with Gasteiger partial charge in [-0.2, -0.15) is 11.8 Å². The van der Waals surface area contributed by atoms with Crippen molar-refractivity contribution >= 4 is 23.2 Å². The number of ether oxygens (including phenoxy) is 1. The number of thioether (sulfide) groups is 1. The molecule has 0 radical (unpaired) electrons. The third-order valence-electron chi connectivity index (χ3n) is 5.32. The van der Waals surface area contributed by atoms with E-state index in [-0.39, 0.29) is 12.0 Å². The van der Waals surface area contributed by atoms with E-state index in [0.717, 1.165) is 30.2 Å². The van der Waals surface area contributed by atoms with Gasteiger partial charge in [0.2, 0.25) is 0 Å². The summed E-state index contributed by atoms with van der Waals surface area (Å²) in [6.45, 7) is 0.947. The second kappa shape index (κ2) is 7.12. The molecule has 2 aromatic rings. The van der Waals surface area contributed by atoms with Crippen molar-refractivity contribution in [2.24, 2.45) is 5.92 Å². The highest BCUT2D eigenvalue weighted by molar-refractivity contribution is 7.99. The van der Waals surface area contributed by atoms with Crippen LogP contribution in [0.4, 0.5) is 5.69 Å². The number of fused-ring (bicyclic) bond motifs is 1. The molecule has 0 N–H and O–H groups in total. The van der Waals surface area contributed by atoms with Gasteiger partial charge in [-0.25, -0.2) is 0 Å². The van der Waals surface area contributed by atoms with Crippen molar-refractivity contribution in [3.8, 4) is 5.75 Å². The molecule has 0 saturated carbocycles. The van der Waals surface area contributed by atoms with Crippen LogP contribution in [0.5, 0.6) is 5.75 Å². The Kier molecular flexibility index (Phi) is 4.71. The molecule has 130 valence electrons. The maximum absolute atomic E-state index is 12.7. The van der Waals surface area contributed by atoms with Gasteiger partial charge in [0.15, 0.2) is 0 Å². The van der Waals surface area contributed by atoms with E-state index >= 15 is 0 Å². The lowest BCUT2D eigenvalue weighted by Crippen LogP contribution is -2.44.